The molecule has 1 amide bonds. The summed E-state index contributed by atoms with van der Waals surface area (Å²) in [6.07, 6.45) is 1.19. The van der Waals surface area contributed by atoms with Crippen molar-refractivity contribution in [1.29, 1.82) is 0 Å². The van der Waals surface area contributed by atoms with Crippen molar-refractivity contribution in [3.05, 3.63) is 23.8 Å². The first-order valence-corrected chi connectivity index (χ1v) is 10.1. The fourth-order valence-corrected chi connectivity index (χ4v) is 3.73. The third kappa shape index (κ3) is 6.04. The molecule has 1 heterocycles. The molecule has 1 aromatic rings. The zero-order valence-electron chi connectivity index (χ0n) is 15.1. The second-order valence-electron chi connectivity index (χ2n) is 6.09. The first kappa shape index (κ1) is 20.8. The van der Waals surface area contributed by atoms with E-state index in [2.05, 4.69) is 10.0 Å². The van der Waals surface area contributed by atoms with E-state index in [0.717, 1.165) is 0 Å². The molecule has 0 fully saturated rings. The Bertz CT molecular complexity index is 836. The molecule has 0 saturated carbocycles. The van der Waals surface area contributed by atoms with Gasteiger partial charge in [0.2, 0.25) is 10.0 Å². The second kappa shape index (κ2) is 8.96. The van der Waals surface area contributed by atoms with Crippen LogP contribution in [0.2, 0.25) is 0 Å². The number of ketones is 1. The summed E-state index contributed by atoms with van der Waals surface area (Å²) < 4.78 is 35.9. The highest BCUT2D eigenvalue weighted by Gasteiger charge is 2.23. The van der Waals surface area contributed by atoms with E-state index in [-0.39, 0.29) is 23.8 Å². The summed E-state index contributed by atoms with van der Waals surface area (Å²) in [5.41, 5.74) is 0.587. The van der Waals surface area contributed by atoms with Gasteiger partial charge in [-0.2, -0.15) is 0 Å². The number of amides is 1. The van der Waals surface area contributed by atoms with E-state index in [0.29, 0.717) is 24.3 Å². The van der Waals surface area contributed by atoms with E-state index < -0.39 is 34.4 Å². The van der Waals surface area contributed by atoms with Crippen LogP contribution in [-0.2, 0) is 24.3 Å². The molecule has 1 atom stereocenters. The van der Waals surface area contributed by atoms with E-state index in [1.807, 2.05) is 6.92 Å². The summed E-state index contributed by atoms with van der Waals surface area (Å²) in [6.45, 7) is 2.57. The summed E-state index contributed by atoms with van der Waals surface area (Å²) >= 11 is 0. The lowest BCUT2D eigenvalue weighted by Gasteiger charge is -2.18. The molecule has 27 heavy (non-hydrogen) atoms. The minimum Gasteiger partial charge on any atom is -0.482 e. The lowest BCUT2D eigenvalue weighted by Crippen LogP contribution is -2.41. The fraction of sp³-hybridized carbons (Fsp3) is 0.471. The van der Waals surface area contributed by atoms with Crippen molar-refractivity contribution in [2.75, 3.05) is 24.3 Å². The van der Waals surface area contributed by atoms with Gasteiger partial charge < -0.3 is 14.8 Å². The molecule has 10 heteroatoms. The van der Waals surface area contributed by atoms with Crippen LogP contribution in [0.3, 0.4) is 0 Å². The number of carbonyl (C=O) groups is 3. The van der Waals surface area contributed by atoms with Crippen LogP contribution in [0.4, 0.5) is 5.69 Å². The molecule has 2 rings (SSSR count). The number of hydrogen-bond donors (Lipinski definition) is 2. The SMILES string of the molecule is CCCCS(=O)(=O)N[C@@H](C)C(=O)OCC(=O)c1ccc2c(c1)NC(=O)CO2. The normalized spacial score (nSPS) is 14.5. The van der Waals surface area contributed by atoms with E-state index >= 15 is 0 Å². The number of rotatable bonds is 9. The minimum atomic E-state index is -3.58. The summed E-state index contributed by atoms with van der Waals surface area (Å²) in [5.74, 6) is -1.31. The Kier molecular flexibility index (Phi) is 6.92. The van der Waals surface area contributed by atoms with Gasteiger partial charge in [-0.15, -0.1) is 0 Å². The molecule has 1 aromatic carbocycles. The maximum absolute atomic E-state index is 12.2. The minimum absolute atomic E-state index is 0.0804. The van der Waals surface area contributed by atoms with Crippen molar-refractivity contribution in [2.24, 2.45) is 0 Å². The number of hydrogen-bond acceptors (Lipinski definition) is 7. The van der Waals surface area contributed by atoms with Crippen molar-refractivity contribution in [3.63, 3.8) is 0 Å². The summed E-state index contributed by atoms with van der Waals surface area (Å²) in [4.78, 5) is 35.5. The van der Waals surface area contributed by atoms with Gasteiger partial charge in [0.05, 0.1) is 11.4 Å². The quantitative estimate of drug-likeness (QED) is 0.466. The lowest BCUT2D eigenvalue weighted by atomic mass is 10.1. The zero-order valence-corrected chi connectivity index (χ0v) is 15.9. The number of sulfonamides is 1. The van der Waals surface area contributed by atoms with E-state index in [1.165, 1.54) is 25.1 Å². The molecule has 1 aliphatic rings. The number of unbranched alkanes of at least 4 members (excludes halogenated alkanes) is 1. The van der Waals surface area contributed by atoms with Gasteiger partial charge in [-0.05, 0) is 31.5 Å². The first-order valence-electron chi connectivity index (χ1n) is 8.48. The highest BCUT2D eigenvalue weighted by molar-refractivity contribution is 7.89. The first-order chi connectivity index (χ1) is 12.7. The molecule has 0 aromatic heterocycles. The topological polar surface area (TPSA) is 128 Å². The van der Waals surface area contributed by atoms with Gasteiger partial charge in [0.1, 0.15) is 11.8 Å². The third-order valence-corrected chi connectivity index (χ3v) is 5.30. The van der Waals surface area contributed by atoms with Crippen molar-refractivity contribution < 1.29 is 32.3 Å². The van der Waals surface area contributed by atoms with Crippen LogP contribution in [-0.4, -0.2) is 51.1 Å². The average molecular weight is 398 g/mol. The maximum Gasteiger partial charge on any atom is 0.324 e. The summed E-state index contributed by atoms with van der Waals surface area (Å²) in [6, 6.07) is 3.35. The Morgan fingerprint density at radius 3 is 2.81 bits per heavy atom. The number of Topliss-reactive ketones (excluding diaryl/α,β-unsaturated/α-hetero) is 1. The van der Waals surface area contributed by atoms with Gasteiger partial charge in [-0.1, -0.05) is 13.3 Å². The van der Waals surface area contributed by atoms with Gasteiger partial charge >= 0.3 is 5.97 Å². The van der Waals surface area contributed by atoms with Crippen LogP contribution in [0.5, 0.6) is 5.75 Å². The standard InChI is InChI=1S/C17H22N2O7S/c1-3-4-7-27(23,24)19-11(2)17(22)26-9-14(20)12-5-6-15-13(8-12)18-16(21)10-25-15/h5-6,8,11,19H,3-4,7,9-10H2,1-2H3,(H,18,21)/t11-/m0/s1. The Balaban J connectivity index is 1.90. The monoisotopic (exact) mass is 398 g/mol. The van der Waals surface area contributed by atoms with Crippen LogP contribution in [0, 0.1) is 0 Å². The second-order valence-corrected chi connectivity index (χ2v) is 7.96. The lowest BCUT2D eigenvalue weighted by molar-refractivity contribution is -0.144. The molecule has 0 bridgehead atoms. The van der Waals surface area contributed by atoms with E-state index in [9.17, 15) is 22.8 Å². The smallest absolute Gasteiger partial charge is 0.324 e. The molecule has 0 unspecified atom stereocenters. The number of nitrogens with one attached hydrogen (secondary N) is 2. The average Bonchev–Trinajstić information content (AvgIpc) is 2.63. The fourth-order valence-electron chi connectivity index (χ4n) is 2.31. The number of carbonyl (C=O) groups excluding carboxylic acids is 3. The zero-order chi connectivity index (χ0) is 20.0. The molecule has 2 N–H and O–H groups in total. The molecule has 0 aliphatic carbocycles. The van der Waals surface area contributed by atoms with Crippen LogP contribution >= 0.6 is 0 Å². The van der Waals surface area contributed by atoms with Crippen LogP contribution in [0.25, 0.3) is 0 Å². The number of fused-ring (bicyclic) bond motifs is 1. The Hall–Kier alpha value is -2.46. The highest BCUT2D eigenvalue weighted by atomic mass is 32.2. The van der Waals surface area contributed by atoms with Crippen molar-refractivity contribution in [2.45, 2.75) is 32.7 Å². The Labute approximate surface area is 157 Å². The molecule has 148 valence electrons. The Morgan fingerprint density at radius 1 is 1.37 bits per heavy atom. The number of anilines is 1. The highest BCUT2D eigenvalue weighted by Crippen LogP contribution is 2.28. The number of esters is 1. The van der Waals surface area contributed by atoms with Gasteiger partial charge in [0, 0.05) is 5.56 Å². The van der Waals surface area contributed by atoms with Crippen LogP contribution in [0.15, 0.2) is 18.2 Å². The van der Waals surface area contributed by atoms with Crippen molar-refractivity contribution >= 4 is 33.4 Å². The third-order valence-electron chi connectivity index (χ3n) is 3.76. The molecular weight excluding hydrogens is 376 g/mol. The largest absolute Gasteiger partial charge is 0.482 e. The molecular formula is C17H22N2O7S. The molecule has 0 spiro atoms. The van der Waals surface area contributed by atoms with Crippen molar-refractivity contribution in [3.8, 4) is 5.75 Å². The van der Waals surface area contributed by atoms with E-state index in [1.54, 1.807) is 0 Å². The summed E-state index contributed by atoms with van der Waals surface area (Å²) in [7, 11) is -3.58. The van der Waals surface area contributed by atoms with Gasteiger partial charge in [-0.25, -0.2) is 13.1 Å². The maximum atomic E-state index is 12.2. The molecule has 9 nitrogen and oxygen atoms in total. The molecule has 0 saturated heterocycles. The molecule has 0 radical (unpaired) electrons. The van der Waals surface area contributed by atoms with Crippen LogP contribution < -0.4 is 14.8 Å². The van der Waals surface area contributed by atoms with Gasteiger partial charge in [-0.3, -0.25) is 14.4 Å². The van der Waals surface area contributed by atoms with Gasteiger partial charge in [0.15, 0.2) is 19.0 Å². The predicted octanol–water partition coefficient (Wildman–Crippen LogP) is 0.851. The molecule has 1 aliphatic heterocycles. The van der Waals surface area contributed by atoms with Crippen molar-refractivity contribution in [1.82, 2.24) is 4.72 Å². The number of ether oxygens (including phenoxy) is 2. The number of benzene rings is 1. The van der Waals surface area contributed by atoms with E-state index in [4.69, 9.17) is 9.47 Å². The predicted molar refractivity (Wildman–Crippen MR) is 97.1 cm³/mol. The van der Waals surface area contributed by atoms with Crippen LogP contribution in [0.1, 0.15) is 37.0 Å². The summed E-state index contributed by atoms with van der Waals surface area (Å²) in [5, 5.41) is 2.58. The van der Waals surface area contributed by atoms with Gasteiger partial charge in [0.25, 0.3) is 5.91 Å². The Morgan fingerprint density at radius 2 is 2.11 bits per heavy atom.